The van der Waals surface area contributed by atoms with E-state index in [2.05, 4.69) is 11.0 Å². The molecule has 1 N–H and O–H groups in total. The van der Waals surface area contributed by atoms with Gasteiger partial charge in [0.15, 0.2) is 0 Å². The second-order valence-electron chi connectivity index (χ2n) is 7.28. The Morgan fingerprint density at radius 1 is 1.04 bits per heavy atom. The standard InChI is InChI=1S/C22H21NO3.C2H6/c24-13-14-5-7-15(8-6-14)19-12-17-11-16-3-1-9-23-10-2-4-18(20(16)23)21(17)26-22(19)25;1-2/h5-8,11-12,24H,1-4,9-10,13H2;1-2H3. The fourth-order valence-electron chi connectivity index (χ4n) is 4.44. The van der Waals surface area contributed by atoms with Crippen LogP contribution in [0.3, 0.4) is 0 Å². The molecule has 0 atom stereocenters. The van der Waals surface area contributed by atoms with Crippen LogP contribution in [0.25, 0.3) is 22.1 Å². The van der Waals surface area contributed by atoms with Crippen LogP contribution in [0, 0.1) is 0 Å². The van der Waals surface area contributed by atoms with Gasteiger partial charge in [-0.3, -0.25) is 0 Å². The highest BCUT2D eigenvalue weighted by atomic mass is 16.4. The molecule has 0 unspecified atom stereocenters. The fourth-order valence-corrected chi connectivity index (χ4v) is 4.44. The average molecular weight is 377 g/mol. The molecule has 1 aromatic heterocycles. The first-order valence-electron chi connectivity index (χ1n) is 10.3. The topological polar surface area (TPSA) is 53.7 Å². The van der Waals surface area contributed by atoms with Gasteiger partial charge in [0, 0.05) is 29.7 Å². The zero-order valence-corrected chi connectivity index (χ0v) is 16.6. The predicted octanol–water partition coefficient (Wildman–Crippen LogP) is 4.68. The number of benzene rings is 2. The first-order chi connectivity index (χ1) is 13.7. The molecule has 2 aromatic carbocycles. The fraction of sp³-hybridized carbons (Fsp3) is 0.375. The largest absolute Gasteiger partial charge is 0.422 e. The van der Waals surface area contributed by atoms with Crippen molar-refractivity contribution in [2.24, 2.45) is 0 Å². The third-order valence-corrected chi connectivity index (χ3v) is 5.66. The Kier molecular flexibility index (Phi) is 5.23. The molecule has 4 nitrogen and oxygen atoms in total. The van der Waals surface area contributed by atoms with Gasteiger partial charge in [-0.25, -0.2) is 4.79 Å². The highest BCUT2D eigenvalue weighted by Crippen LogP contribution is 2.40. The summed E-state index contributed by atoms with van der Waals surface area (Å²) in [6.07, 6.45) is 4.36. The predicted molar refractivity (Wildman–Crippen MR) is 114 cm³/mol. The summed E-state index contributed by atoms with van der Waals surface area (Å²) in [5.41, 5.74) is 6.62. The Hall–Kier alpha value is -2.59. The normalized spacial score (nSPS) is 15.0. The van der Waals surface area contributed by atoms with Crippen LogP contribution in [0.15, 0.2) is 45.6 Å². The lowest BCUT2D eigenvalue weighted by molar-refractivity contribution is 0.282. The summed E-state index contributed by atoms with van der Waals surface area (Å²) in [7, 11) is 0. The zero-order valence-electron chi connectivity index (χ0n) is 16.6. The number of fused-ring (bicyclic) bond motifs is 2. The number of aliphatic hydroxyl groups excluding tert-OH is 1. The minimum absolute atomic E-state index is 0.00138. The van der Waals surface area contributed by atoms with Crippen LogP contribution in [-0.4, -0.2) is 18.2 Å². The minimum Gasteiger partial charge on any atom is -0.422 e. The van der Waals surface area contributed by atoms with Crippen molar-refractivity contribution in [3.05, 3.63) is 63.5 Å². The molecule has 2 aliphatic rings. The molecule has 0 spiro atoms. The number of aliphatic hydroxyl groups is 1. The van der Waals surface area contributed by atoms with E-state index < -0.39 is 0 Å². The van der Waals surface area contributed by atoms with E-state index in [1.807, 2.05) is 44.2 Å². The van der Waals surface area contributed by atoms with Crippen LogP contribution < -0.4 is 10.5 Å². The van der Waals surface area contributed by atoms with Crippen LogP contribution in [0.1, 0.15) is 43.4 Å². The maximum atomic E-state index is 12.7. The highest BCUT2D eigenvalue weighted by Gasteiger charge is 2.27. The van der Waals surface area contributed by atoms with Crippen molar-refractivity contribution in [2.45, 2.75) is 46.1 Å². The molecule has 2 aliphatic heterocycles. The molecule has 0 radical (unpaired) electrons. The van der Waals surface area contributed by atoms with Crippen molar-refractivity contribution >= 4 is 16.7 Å². The van der Waals surface area contributed by atoms with Crippen LogP contribution in [-0.2, 0) is 19.4 Å². The van der Waals surface area contributed by atoms with E-state index in [0.29, 0.717) is 5.56 Å². The summed E-state index contributed by atoms with van der Waals surface area (Å²) in [6.45, 7) is 6.20. The molecule has 0 saturated carbocycles. The second kappa shape index (κ2) is 7.80. The monoisotopic (exact) mass is 377 g/mol. The van der Waals surface area contributed by atoms with E-state index >= 15 is 0 Å². The molecule has 0 amide bonds. The summed E-state index contributed by atoms with van der Waals surface area (Å²) >= 11 is 0. The molecule has 0 bridgehead atoms. The van der Waals surface area contributed by atoms with Crippen LogP contribution >= 0.6 is 0 Å². The number of nitrogens with zero attached hydrogens (tertiary/aromatic N) is 1. The van der Waals surface area contributed by atoms with Crippen LogP contribution in [0.5, 0.6) is 0 Å². The highest BCUT2D eigenvalue weighted by molar-refractivity contribution is 5.90. The van der Waals surface area contributed by atoms with E-state index in [1.165, 1.54) is 23.2 Å². The van der Waals surface area contributed by atoms with Gasteiger partial charge in [-0.2, -0.15) is 0 Å². The lowest BCUT2D eigenvalue weighted by Gasteiger charge is -2.37. The molecule has 3 aromatic rings. The first-order valence-corrected chi connectivity index (χ1v) is 10.3. The Labute approximate surface area is 165 Å². The summed E-state index contributed by atoms with van der Waals surface area (Å²) < 4.78 is 5.84. The lowest BCUT2D eigenvalue weighted by Crippen LogP contribution is -2.34. The molecule has 3 heterocycles. The van der Waals surface area contributed by atoms with Crippen molar-refractivity contribution in [3.8, 4) is 11.1 Å². The summed E-state index contributed by atoms with van der Waals surface area (Å²) in [5, 5.41) is 10.2. The number of hydrogen-bond donors (Lipinski definition) is 1. The Morgan fingerprint density at radius 2 is 1.75 bits per heavy atom. The Bertz CT molecular complexity index is 1050. The van der Waals surface area contributed by atoms with E-state index in [0.717, 1.165) is 54.4 Å². The number of anilines is 1. The van der Waals surface area contributed by atoms with E-state index in [1.54, 1.807) is 0 Å². The van der Waals surface area contributed by atoms with Gasteiger partial charge < -0.3 is 14.4 Å². The van der Waals surface area contributed by atoms with E-state index in [9.17, 15) is 9.90 Å². The second-order valence-corrected chi connectivity index (χ2v) is 7.28. The molecular formula is C24H27NO3. The van der Waals surface area contributed by atoms with Gasteiger partial charge in [0.2, 0.25) is 0 Å². The maximum Gasteiger partial charge on any atom is 0.344 e. The molecule has 146 valence electrons. The molecule has 5 rings (SSSR count). The maximum absolute atomic E-state index is 12.7. The smallest absolute Gasteiger partial charge is 0.344 e. The van der Waals surface area contributed by atoms with Gasteiger partial charge in [0.1, 0.15) is 5.58 Å². The minimum atomic E-state index is -0.293. The van der Waals surface area contributed by atoms with E-state index in [-0.39, 0.29) is 12.2 Å². The number of aryl methyl sites for hydroxylation is 2. The van der Waals surface area contributed by atoms with Crippen molar-refractivity contribution < 1.29 is 9.52 Å². The Balaban J connectivity index is 0.000000932. The van der Waals surface area contributed by atoms with Crippen LogP contribution in [0.4, 0.5) is 5.69 Å². The quantitative estimate of drug-likeness (QED) is 0.659. The average Bonchev–Trinajstić information content (AvgIpc) is 2.76. The van der Waals surface area contributed by atoms with Gasteiger partial charge in [-0.15, -0.1) is 0 Å². The molecule has 0 saturated heterocycles. The lowest BCUT2D eigenvalue weighted by atomic mass is 9.89. The van der Waals surface area contributed by atoms with Gasteiger partial charge in [0.25, 0.3) is 0 Å². The van der Waals surface area contributed by atoms with Gasteiger partial charge in [-0.1, -0.05) is 38.1 Å². The summed E-state index contributed by atoms with van der Waals surface area (Å²) in [4.78, 5) is 15.2. The number of rotatable bonds is 2. The van der Waals surface area contributed by atoms with Gasteiger partial charge >= 0.3 is 5.63 Å². The third-order valence-electron chi connectivity index (χ3n) is 5.66. The number of hydrogen-bond acceptors (Lipinski definition) is 4. The van der Waals surface area contributed by atoms with Crippen molar-refractivity contribution in [1.29, 1.82) is 0 Å². The third kappa shape index (κ3) is 3.12. The zero-order chi connectivity index (χ0) is 19.7. The molecule has 0 fully saturated rings. The Morgan fingerprint density at radius 3 is 2.46 bits per heavy atom. The molecular weight excluding hydrogens is 350 g/mol. The SMILES string of the molecule is CC.O=c1oc2c3c4c(cc2cc1-c1ccc(CO)cc1)CCCN4CCC3. The van der Waals surface area contributed by atoms with Gasteiger partial charge in [0.05, 0.1) is 12.2 Å². The molecule has 0 aliphatic carbocycles. The first kappa shape index (κ1) is 18.8. The van der Waals surface area contributed by atoms with Crippen LogP contribution in [0.2, 0.25) is 0 Å². The van der Waals surface area contributed by atoms with Gasteiger partial charge in [-0.05, 0) is 54.5 Å². The summed E-state index contributed by atoms with van der Waals surface area (Å²) in [6, 6.07) is 11.6. The van der Waals surface area contributed by atoms with Crippen molar-refractivity contribution in [3.63, 3.8) is 0 Å². The van der Waals surface area contributed by atoms with Crippen molar-refractivity contribution in [1.82, 2.24) is 0 Å². The summed E-state index contributed by atoms with van der Waals surface area (Å²) in [5.74, 6) is 0. The van der Waals surface area contributed by atoms with Crippen molar-refractivity contribution in [2.75, 3.05) is 18.0 Å². The molecule has 4 heteroatoms. The van der Waals surface area contributed by atoms with E-state index in [4.69, 9.17) is 4.42 Å². The molecule has 28 heavy (non-hydrogen) atoms.